The van der Waals surface area contributed by atoms with E-state index in [0.717, 1.165) is 38.5 Å². The Balaban J connectivity index is 4.25. The molecule has 9 nitrogen and oxygen atoms in total. The van der Waals surface area contributed by atoms with E-state index in [1.165, 1.54) is 83.5 Å². The first kappa shape index (κ1) is 43.0. The maximum absolute atomic E-state index is 12.5. The van der Waals surface area contributed by atoms with E-state index in [9.17, 15) is 19.0 Å². The lowest BCUT2D eigenvalue weighted by atomic mass is 10.0. The predicted octanol–water partition coefficient (Wildman–Crippen LogP) is 8.27. The van der Waals surface area contributed by atoms with Gasteiger partial charge in [0.2, 0.25) is 0 Å². The summed E-state index contributed by atoms with van der Waals surface area (Å²) in [5.41, 5.74) is 0. The summed E-state index contributed by atoms with van der Waals surface area (Å²) >= 11 is 0. The highest BCUT2D eigenvalue weighted by Crippen LogP contribution is 2.38. The molecule has 262 valence electrons. The van der Waals surface area contributed by atoms with Crippen molar-refractivity contribution in [3.8, 4) is 0 Å². The fraction of sp³-hybridized carbons (Fsp3) is 0.941. The zero-order valence-electron chi connectivity index (χ0n) is 29.1. The Hall–Kier alpha value is -0.990. The molecule has 0 aromatic rings. The van der Waals surface area contributed by atoms with Crippen LogP contribution in [0.2, 0.25) is 0 Å². The minimum absolute atomic E-state index is 0.0271. The topological polar surface area (TPSA) is 111 Å². The Morgan fingerprint density at radius 1 is 0.614 bits per heavy atom. The van der Waals surface area contributed by atoms with E-state index in [1.807, 2.05) is 21.1 Å². The molecule has 0 N–H and O–H groups in total. The van der Waals surface area contributed by atoms with Crippen LogP contribution in [0.1, 0.15) is 155 Å². The summed E-state index contributed by atoms with van der Waals surface area (Å²) in [6.07, 6.45) is 23.3. The van der Waals surface area contributed by atoms with Crippen molar-refractivity contribution in [2.75, 3.05) is 47.5 Å². The van der Waals surface area contributed by atoms with Crippen LogP contribution >= 0.6 is 7.82 Å². The summed E-state index contributed by atoms with van der Waals surface area (Å²) in [7, 11) is 1.17. The molecule has 0 amide bonds. The molecular formula is C34H68NO8P. The third-order valence-corrected chi connectivity index (χ3v) is 8.59. The Morgan fingerprint density at radius 2 is 1.02 bits per heavy atom. The Kier molecular flexibility index (Phi) is 27.6. The first-order valence-electron chi connectivity index (χ1n) is 17.7. The minimum atomic E-state index is -4.60. The lowest BCUT2D eigenvalue weighted by Gasteiger charge is -2.28. The van der Waals surface area contributed by atoms with Gasteiger partial charge in [-0.25, -0.2) is 0 Å². The van der Waals surface area contributed by atoms with Gasteiger partial charge in [0.15, 0.2) is 6.10 Å². The van der Waals surface area contributed by atoms with Gasteiger partial charge in [-0.2, -0.15) is 0 Å². The van der Waals surface area contributed by atoms with Crippen LogP contribution in [-0.4, -0.2) is 70.0 Å². The molecule has 0 aliphatic carbocycles. The first-order valence-corrected chi connectivity index (χ1v) is 19.2. The maximum atomic E-state index is 12.5. The highest BCUT2D eigenvalue weighted by Gasteiger charge is 2.21. The minimum Gasteiger partial charge on any atom is -0.756 e. The lowest BCUT2D eigenvalue weighted by Crippen LogP contribution is -2.37. The molecule has 2 unspecified atom stereocenters. The third-order valence-electron chi connectivity index (χ3n) is 7.63. The van der Waals surface area contributed by atoms with Gasteiger partial charge in [-0.1, -0.05) is 129 Å². The van der Waals surface area contributed by atoms with Gasteiger partial charge < -0.3 is 27.9 Å². The van der Waals surface area contributed by atoms with Gasteiger partial charge in [-0.05, 0) is 12.8 Å². The van der Waals surface area contributed by atoms with E-state index in [1.54, 1.807) is 0 Å². The number of carbonyl (C=O) groups is 2. The lowest BCUT2D eigenvalue weighted by molar-refractivity contribution is -0.870. The number of nitrogens with zero attached hydrogens (tertiary/aromatic N) is 1. The predicted molar refractivity (Wildman–Crippen MR) is 176 cm³/mol. The molecule has 2 atom stereocenters. The molecule has 0 radical (unpaired) electrons. The second-order valence-corrected chi connectivity index (χ2v) is 14.7. The van der Waals surface area contributed by atoms with Crippen molar-refractivity contribution in [3.05, 3.63) is 0 Å². The summed E-state index contributed by atoms with van der Waals surface area (Å²) in [4.78, 5) is 36.8. The molecule has 0 bridgehead atoms. The quantitative estimate of drug-likeness (QED) is 0.0310. The summed E-state index contributed by atoms with van der Waals surface area (Å²) in [5, 5.41) is 0. The van der Waals surface area contributed by atoms with Crippen LogP contribution in [0.3, 0.4) is 0 Å². The van der Waals surface area contributed by atoms with Gasteiger partial charge in [-0.15, -0.1) is 0 Å². The van der Waals surface area contributed by atoms with Crippen molar-refractivity contribution in [3.63, 3.8) is 0 Å². The van der Waals surface area contributed by atoms with Crippen molar-refractivity contribution in [1.29, 1.82) is 0 Å². The molecule has 0 fully saturated rings. The van der Waals surface area contributed by atoms with E-state index >= 15 is 0 Å². The molecule has 0 heterocycles. The van der Waals surface area contributed by atoms with Gasteiger partial charge in [0.1, 0.15) is 19.8 Å². The fourth-order valence-corrected chi connectivity index (χ4v) is 5.50. The number of rotatable bonds is 32. The molecule has 0 aromatic carbocycles. The molecule has 0 aromatic heterocycles. The van der Waals surface area contributed by atoms with E-state index in [4.69, 9.17) is 18.5 Å². The highest BCUT2D eigenvalue weighted by atomic mass is 31.2. The van der Waals surface area contributed by atoms with Gasteiger partial charge >= 0.3 is 11.9 Å². The number of carbonyl (C=O) groups excluding carboxylic acids is 2. The smallest absolute Gasteiger partial charge is 0.306 e. The van der Waals surface area contributed by atoms with Crippen molar-refractivity contribution < 1.29 is 42.1 Å². The average Bonchev–Trinajstić information content (AvgIpc) is 2.95. The number of esters is 2. The molecule has 0 saturated heterocycles. The number of hydrogen-bond acceptors (Lipinski definition) is 8. The van der Waals surface area contributed by atoms with Crippen LogP contribution in [-0.2, 0) is 32.7 Å². The molecule has 0 aliphatic heterocycles. The highest BCUT2D eigenvalue weighted by molar-refractivity contribution is 7.45. The van der Waals surface area contributed by atoms with Crippen molar-refractivity contribution in [2.45, 2.75) is 161 Å². The van der Waals surface area contributed by atoms with Crippen LogP contribution in [0.25, 0.3) is 0 Å². The number of quaternary nitrogens is 1. The number of phosphoric ester groups is 1. The van der Waals surface area contributed by atoms with E-state index in [2.05, 4.69) is 13.8 Å². The molecule has 44 heavy (non-hydrogen) atoms. The Labute approximate surface area is 270 Å². The standard InChI is InChI=1S/C34H68NO8P/c1-6-8-10-12-13-14-15-16-17-18-19-20-21-22-23-25-27-34(37)43-32(30-40-33(36)26-24-11-9-7-2)31-42-44(38,39)41-29-28-35(3,4)5/h32H,6-31H2,1-5H3. The monoisotopic (exact) mass is 649 g/mol. The van der Waals surface area contributed by atoms with Gasteiger partial charge in [0.25, 0.3) is 7.82 Å². The largest absolute Gasteiger partial charge is 0.756 e. The third kappa shape index (κ3) is 31.0. The fourth-order valence-electron chi connectivity index (χ4n) is 4.77. The summed E-state index contributed by atoms with van der Waals surface area (Å²) in [6.45, 7) is 4.09. The number of hydrogen-bond donors (Lipinski definition) is 0. The molecule has 0 rings (SSSR count). The van der Waals surface area contributed by atoms with E-state index < -0.39 is 32.5 Å². The van der Waals surface area contributed by atoms with Crippen LogP contribution in [0.5, 0.6) is 0 Å². The summed E-state index contributed by atoms with van der Waals surface area (Å²) in [6, 6.07) is 0. The van der Waals surface area contributed by atoms with Gasteiger partial charge in [-0.3, -0.25) is 14.2 Å². The second-order valence-electron chi connectivity index (χ2n) is 13.2. The number of likely N-dealkylation sites (N-methyl/N-ethyl adjacent to an activating group) is 1. The molecule has 10 heteroatoms. The second kappa shape index (κ2) is 28.3. The number of ether oxygens (including phenoxy) is 2. The molecular weight excluding hydrogens is 581 g/mol. The number of phosphoric acid groups is 1. The normalized spacial score (nSPS) is 13.9. The Bertz CT molecular complexity index is 743. The van der Waals surface area contributed by atoms with Crippen LogP contribution in [0, 0.1) is 0 Å². The van der Waals surface area contributed by atoms with Crippen LogP contribution in [0.4, 0.5) is 0 Å². The summed E-state index contributed by atoms with van der Waals surface area (Å²) in [5.74, 6) is -0.848. The summed E-state index contributed by atoms with van der Waals surface area (Å²) < 4.78 is 33.4. The Morgan fingerprint density at radius 3 is 1.48 bits per heavy atom. The number of unbranched alkanes of at least 4 members (excludes halogenated alkanes) is 18. The van der Waals surface area contributed by atoms with Crippen molar-refractivity contribution in [2.24, 2.45) is 0 Å². The van der Waals surface area contributed by atoms with Crippen LogP contribution < -0.4 is 4.89 Å². The first-order chi connectivity index (χ1) is 21.0. The van der Waals surface area contributed by atoms with Gasteiger partial charge in [0, 0.05) is 12.8 Å². The van der Waals surface area contributed by atoms with Gasteiger partial charge in [0.05, 0.1) is 27.7 Å². The van der Waals surface area contributed by atoms with E-state index in [-0.39, 0.29) is 26.1 Å². The zero-order chi connectivity index (χ0) is 32.9. The average molecular weight is 650 g/mol. The van der Waals surface area contributed by atoms with E-state index in [0.29, 0.717) is 17.4 Å². The van der Waals surface area contributed by atoms with Crippen LogP contribution in [0.15, 0.2) is 0 Å². The van der Waals surface area contributed by atoms with Crippen molar-refractivity contribution in [1.82, 2.24) is 0 Å². The zero-order valence-corrected chi connectivity index (χ0v) is 30.0. The SMILES string of the molecule is CCCCCCCCCCCCCCCCCCC(=O)OC(COC(=O)CCCCCC)COP(=O)([O-])OCC[N+](C)(C)C. The van der Waals surface area contributed by atoms with Crippen molar-refractivity contribution >= 4 is 19.8 Å². The maximum Gasteiger partial charge on any atom is 0.306 e. The molecule has 0 spiro atoms. The molecule has 0 aliphatic rings. The molecule has 0 saturated carbocycles.